The fourth-order valence-electron chi connectivity index (χ4n) is 3.14. The van der Waals surface area contributed by atoms with Crippen LogP contribution in [0.15, 0.2) is 41.9 Å². The summed E-state index contributed by atoms with van der Waals surface area (Å²) in [6.07, 6.45) is 5.03. The van der Waals surface area contributed by atoms with Crippen LogP contribution in [-0.4, -0.2) is 18.8 Å². The van der Waals surface area contributed by atoms with Crippen molar-refractivity contribution in [2.24, 2.45) is 0 Å². The summed E-state index contributed by atoms with van der Waals surface area (Å²) in [4.78, 5) is 0. The van der Waals surface area contributed by atoms with Gasteiger partial charge in [0.1, 0.15) is 0 Å². The Morgan fingerprint density at radius 2 is 1.76 bits per heavy atom. The van der Waals surface area contributed by atoms with Crippen LogP contribution in [-0.2, 0) is 15.9 Å². The molecule has 1 aromatic carbocycles. The van der Waals surface area contributed by atoms with Crippen LogP contribution in [0.4, 0.5) is 0 Å². The Labute approximate surface area is 125 Å². The second-order valence-electron chi connectivity index (χ2n) is 5.53. The number of para-hydroxylation sites is 1. The molecule has 0 saturated carbocycles. The maximum Gasteiger partial charge on any atom is 0.161 e. The van der Waals surface area contributed by atoms with Crippen LogP contribution < -0.4 is 0 Å². The minimum absolute atomic E-state index is 0.413. The number of fused-ring (bicyclic) bond motifs is 3. The molecule has 1 aromatic heterocycles. The number of nitrogens with zero attached hydrogens (tertiary/aromatic N) is 1. The summed E-state index contributed by atoms with van der Waals surface area (Å²) in [6.45, 7) is 4.44. The van der Waals surface area contributed by atoms with E-state index in [-0.39, 0.29) is 0 Å². The fourth-order valence-corrected chi connectivity index (χ4v) is 3.14. The normalized spacial score (nSPS) is 14.5. The summed E-state index contributed by atoms with van der Waals surface area (Å²) >= 11 is 0. The van der Waals surface area contributed by atoms with E-state index < -0.39 is 0 Å². The summed E-state index contributed by atoms with van der Waals surface area (Å²) in [5, 5.41) is 1.27. The molecule has 2 aromatic rings. The van der Waals surface area contributed by atoms with Crippen LogP contribution in [0.3, 0.4) is 0 Å². The molecule has 3 heteroatoms. The van der Waals surface area contributed by atoms with Gasteiger partial charge in [-0.3, -0.25) is 0 Å². The van der Waals surface area contributed by atoms with Gasteiger partial charge in [0, 0.05) is 34.6 Å². The van der Waals surface area contributed by atoms with E-state index in [0.29, 0.717) is 6.04 Å². The Bertz CT molecular complexity index is 735. The lowest BCUT2D eigenvalue weighted by Crippen LogP contribution is -2.05. The zero-order valence-electron chi connectivity index (χ0n) is 13.0. The first kappa shape index (κ1) is 13.8. The first-order chi connectivity index (χ1) is 10.2. The molecule has 110 valence electrons. The first-order valence-corrected chi connectivity index (χ1v) is 7.29. The minimum Gasteiger partial charge on any atom is -0.493 e. The van der Waals surface area contributed by atoms with Crippen LogP contribution >= 0.6 is 0 Å². The first-order valence-electron chi connectivity index (χ1n) is 7.29. The highest BCUT2D eigenvalue weighted by Gasteiger charge is 2.21. The molecule has 21 heavy (non-hydrogen) atoms. The predicted octanol–water partition coefficient (Wildman–Crippen LogP) is 4.30. The Morgan fingerprint density at radius 1 is 1.05 bits per heavy atom. The van der Waals surface area contributed by atoms with E-state index in [4.69, 9.17) is 9.47 Å². The van der Waals surface area contributed by atoms with Crippen LogP contribution in [0.1, 0.15) is 31.1 Å². The SMILES string of the molecule is COC1=CCc2c(c3ccccc3n2C(C)C)C=C1OC. The smallest absolute Gasteiger partial charge is 0.161 e. The number of aromatic nitrogens is 1. The maximum absolute atomic E-state index is 5.51. The van der Waals surface area contributed by atoms with Gasteiger partial charge < -0.3 is 14.0 Å². The monoisotopic (exact) mass is 283 g/mol. The predicted molar refractivity (Wildman–Crippen MR) is 86.1 cm³/mol. The zero-order chi connectivity index (χ0) is 15.0. The molecule has 0 atom stereocenters. The molecule has 3 nitrogen and oxygen atoms in total. The second kappa shape index (κ2) is 5.32. The van der Waals surface area contributed by atoms with Crippen LogP contribution in [0.25, 0.3) is 17.0 Å². The van der Waals surface area contributed by atoms with Gasteiger partial charge in [0.25, 0.3) is 0 Å². The third-order valence-corrected chi connectivity index (χ3v) is 4.01. The van der Waals surface area contributed by atoms with Gasteiger partial charge in [-0.05, 0) is 32.1 Å². The third kappa shape index (κ3) is 2.13. The van der Waals surface area contributed by atoms with Crippen molar-refractivity contribution in [2.45, 2.75) is 26.3 Å². The minimum atomic E-state index is 0.413. The lowest BCUT2D eigenvalue weighted by atomic mass is 10.1. The van der Waals surface area contributed by atoms with Gasteiger partial charge in [-0.1, -0.05) is 18.2 Å². The van der Waals surface area contributed by atoms with Crippen LogP contribution in [0.5, 0.6) is 0 Å². The molecule has 0 bridgehead atoms. The van der Waals surface area contributed by atoms with E-state index in [9.17, 15) is 0 Å². The Morgan fingerprint density at radius 3 is 2.43 bits per heavy atom. The molecule has 0 saturated heterocycles. The summed E-state index contributed by atoms with van der Waals surface area (Å²) < 4.78 is 13.4. The van der Waals surface area contributed by atoms with Gasteiger partial charge in [0.2, 0.25) is 0 Å². The summed E-state index contributed by atoms with van der Waals surface area (Å²) in [7, 11) is 3.37. The average Bonchev–Trinajstić information content (AvgIpc) is 2.68. The lowest BCUT2D eigenvalue weighted by molar-refractivity contribution is 0.222. The Balaban J connectivity index is 2.33. The zero-order valence-corrected chi connectivity index (χ0v) is 13.0. The summed E-state index contributed by atoms with van der Waals surface area (Å²) in [5.41, 5.74) is 3.82. The molecule has 0 aliphatic heterocycles. The van der Waals surface area contributed by atoms with Gasteiger partial charge in [0.15, 0.2) is 11.5 Å². The number of methoxy groups -OCH3 is 2. The van der Waals surface area contributed by atoms with Gasteiger partial charge in [-0.15, -0.1) is 0 Å². The largest absolute Gasteiger partial charge is 0.493 e. The van der Waals surface area contributed by atoms with E-state index >= 15 is 0 Å². The Hall–Kier alpha value is -2.16. The molecule has 0 N–H and O–H groups in total. The van der Waals surface area contributed by atoms with Gasteiger partial charge in [-0.25, -0.2) is 0 Å². The summed E-state index contributed by atoms with van der Waals surface area (Å²) in [6, 6.07) is 8.96. The van der Waals surface area contributed by atoms with E-state index in [2.05, 4.69) is 54.8 Å². The van der Waals surface area contributed by atoms with Crippen molar-refractivity contribution in [1.82, 2.24) is 4.57 Å². The number of benzene rings is 1. The standard InChI is InChI=1S/C18H21NO2/c1-12(2)19-15-8-6-5-7-13(15)14-11-18(21-4)17(20-3)10-9-16(14)19/h5-8,10-12H,9H2,1-4H3. The van der Waals surface area contributed by atoms with E-state index in [1.807, 2.05) is 0 Å². The molecular formula is C18H21NO2. The molecule has 1 heterocycles. The van der Waals surface area contributed by atoms with Gasteiger partial charge >= 0.3 is 0 Å². The molecule has 1 aliphatic rings. The summed E-state index contributed by atoms with van der Waals surface area (Å²) in [5.74, 6) is 1.58. The molecular weight excluding hydrogens is 262 g/mol. The van der Waals surface area contributed by atoms with Gasteiger partial charge in [0.05, 0.1) is 14.2 Å². The lowest BCUT2D eigenvalue weighted by Gasteiger charge is -2.14. The number of ether oxygens (including phenoxy) is 2. The highest BCUT2D eigenvalue weighted by Crippen LogP contribution is 2.34. The van der Waals surface area contributed by atoms with Gasteiger partial charge in [-0.2, -0.15) is 0 Å². The number of rotatable bonds is 3. The molecule has 3 rings (SSSR count). The van der Waals surface area contributed by atoms with Crippen molar-refractivity contribution in [3.05, 3.63) is 53.1 Å². The van der Waals surface area contributed by atoms with Crippen molar-refractivity contribution in [3.63, 3.8) is 0 Å². The number of hydrogen-bond acceptors (Lipinski definition) is 2. The van der Waals surface area contributed by atoms with E-state index in [0.717, 1.165) is 17.9 Å². The highest BCUT2D eigenvalue weighted by atomic mass is 16.5. The molecule has 1 aliphatic carbocycles. The van der Waals surface area contributed by atoms with Crippen molar-refractivity contribution in [1.29, 1.82) is 0 Å². The molecule has 0 amide bonds. The maximum atomic E-state index is 5.51. The van der Waals surface area contributed by atoms with E-state index in [1.165, 1.54) is 22.2 Å². The number of hydrogen-bond donors (Lipinski definition) is 0. The molecule has 0 radical (unpaired) electrons. The van der Waals surface area contributed by atoms with Crippen LogP contribution in [0, 0.1) is 0 Å². The average molecular weight is 283 g/mol. The molecule has 0 fully saturated rings. The highest BCUT2D eigenvalue weighted by molar-refractivity contribution is 5.92. The molecule has 0 unspecified atom stereocenters. The number of allylic oxidation sites excluding steroid dienone is 1. The van der Waals surface area contributed by atoms with E-state index in [1.54, 1.807) is 14.2 Å². The van der Waals surface area contributed by atoms with Crippen LogP contribution in [0.2, 0.25) is 0 Å². The van der Waals surface area contributed by atoms with Crippen molar-refractivity contribution >= 4 is 17.0 Å². The van der Waals surface area contributed by atoms with Crippen molar-refractivity contribution in [2.75, 3.05) is 14.2 Å². The third-order valence-electron chi connectivity index (χ3n) is 4.01. The van der Waals surface area contributed by atoms with Crippen molar-refractivity contribution < 1.29 is 9.47 Å². The van der Waals surface area contributed by atoms with Crippen molar-refractivity contribution in [3.8, 4) is 0 Å². The fraction of sp³-hybridized carbons (Fsp3) is 0.333. The molecule has 0 spiro atoms. The Kier molecular flexibility index (Phi) is 3.50. The topological polar surface area (TPSA) is 23.4 Å². The second-order valence-corrected chi connectivity index (χ2v) is 5.53. The quantitative estimate of drug-likeness (QED) is 0.838.